The highest BCUT2D eigenvalue weighted by molar-refractivity contribution is 7.89. The lowest BCUT2D eigenvalue weighted by molar-refractivity contribution is -0.00772. The van der Waals surface area contributed by atoms with Gasteiger partial charge < -0.3 is 4.74 Å². The van der Waals surface area contributed by atoms with Crippen LogP contribution < -0.4 is 4.72 Å². The van der Waals surface area contributed by atoms with Crippen LogP contribution in [-0.2, 0) is 14.8 Å². The van der Waals surface area contributed by atoms with Crippen LogP contribution in [0.4, 0.5) is 0 Å². The highest BCUT2D eigenvalue weighted by atomic mass is 32.2. The van der Waals surface area contributed by atoms with Crippen LogP contribution in [0.25, 0.3) is 0 Å². The number of nitrogens with one attached hydrogen (secondary N) is 1. The summed E-state index contributed by atoms with van der Waals surface area (Å²) in [5, 5.41) is 0. The Bertz CT molecular complexity index is 383. The molecule has 0 aromatic rings. The molecule has 1 aliphatic heterocycles. The third kappa shape index (κ3) is 4.41. The molecule has 1 heterocycles. The van der Waals surface area contributed by atoms with Gasteiger partial charge in [0.2, 0.25) is 10.0 Å². The molecule has 0 amide bonds. The number of sulfonamides is 1. The molecule has 0 bridgehead atoms. The Balaban J connectivity index is 1.73. The predicted molar refractivity (Wildman–Crippen MR) is 80.2 cm³/mol. The molecule has 2 rings (SSSR count). The molecule has 0 radical (unpaired) electrons. The molecule has 0 aromatic heterocycles. The van der Waals surface area contributed by atoms with Crippen molar-refractivity contribution >= 4 is 10.0 Å². The number of hydrogen-bond acceptors (Lipinski definition) is 4. The van der Waals surface area contributed by atoms with Crippen molar-refractivity contribution in [1.29, 1.82) is 0 Å². The summed E-state index contributed by atoms with van der Waals surface area (Å²) in [5.74, 6) is 0.557. The van der Waals surface area contributed by atoms with Crippen molar-refractivity contribution < 1.29 is 13.2 Å². The number of rotatable bonds is 7. The van der Waals surface area contributed by atoms with Crippen LogP contribution in [0.3, 0.4) is 0 Å². The van der Waals surface area contributed by atoms with E-state index in [0.29, 0.717) is 6.04 Å². The summed E-state index contributed by atoms with van der Waals surface area (Å²) in [6.45, 7) is 7.70. The van der Waals surface area contributed by atoms with Gasteiger partial charge >= 0.3 is 0 Å². The Morgan fingerprint density at radius 3 is 2.35 bits per heavy atom. The molecule has 1 aliphatic carbocycles. The SMILES string of the molecule is CCC(CC)CS(=O)(=O)NC1CC(N2CCOCC2)C1. The standard InChI is InChI=1S/C14H28N2O3S/c1-3-12(4-2)11-20(17,18)15-13-9-14(10-13)16-5-7-19-8-6-16/h12-15H,3-11H2,1-2H3. The van der Waals surface area contributed by atoms with Gasteiger partial charge in [-0.05, 0) is 18.8 Å². The Morgan fingerprint density at radius 2 is 1.80 bits per heavy atom. The topological polar surface area (TPSA) is 58.6 Å². The average molecular weight is 304 g/mol. The highest BCUT2D eigenvalue weighted by Gasteiger charge is 2.36. The van der Waals surface area contributed by atoms with Crippen LogP contribution in [0.1, 0.15) is 39.5 Å². The third-order valence-corrected chi connectivity index (χ3v) is 6.23. The van der Waals surface area contributed by atoms with Crippen LogP contribution in [-0.4, -0.2) is 57.5 Å². The quantitative estimate of drug-likeness (QED) is 0.768. The van der Waals surface area contributed by atoms with Crippen molar-refractivity contribution in [2.24, 2.45) is 5.92 Å². The summed E-state index contributed by atoms with van der Waals surface area (Å²) < 4.78 is 32.4. The fraction of sp³-hybridized carbons (Fsp3) is 1.00. The van der Waals surface area contributed by atoms with Gasteiger partial charge in [-0.1, -0.05) is 26.7 Å². The van der Waals surface area contributed by atoms with Crippen molar-refractivity contribution in [2.75, 3.05) is 32.1 Å². The molecule has 20 heavy (non-hydrogen) atoms. The second kappa shape index (κ2) is 7.20. The van der Waals surface area contributed by atoms with E-state index in [1.54, 1.807) is 0 Å². The zero-order valence-electron chi connectivity index (χ0n) is 12.7. The number of hydrogen-bond donors (Lipinski definition) is 1. The second-order valence-electron chi connectivity index (χ2n) is 6.05. The molecule has 0 aromatic carbocycles. The van der Waals surface area contributed by atoms with E-state index in [0.717, 1.165) is 52.0 Å². The summed E-state index contributed by atoms with van der Waals surface area (Å²) in [6.07, 6.45) is 3.75. The molecule has 1 saturated carbocycles. The van der Waals surface area contributed by atoms with Crippen LogP contribution >= 0.6 is 0 Å². The summed E-state index contributed by atoms with van der Waals surface area (Å²) in [6, 6.07) is 0.682. The number of ether oxygens (including phenoxy) is 1. The molecule has 1 N–H and O–H groups in total. The molecule has 5 nitrogen and oxygen atoms in total. The van der Waals surface area contributed by atoms with Crippen LogP contribution in [0, 0.1) is 5.92 Å². The molecule has 2 aliphatic rings. The lowest BCUT2D eigenvalue weighted by Crippen LogP contribution is -2.56. The minimum atomic E-state index is -3.11. The molecular weight excluding hydrogens is 276 g/mol. The molecule has 118 valence electrons. The van der Waals surface area contributed by atoms with Crippen molar-refractivity contribution in [3.05, 3.63) is 0 Å². The molecule has 0 atom stereocenters. The minimum Gasteiger partial charge on any atom is -0.379 e. The van der Waals surface area contributed by atoms with Gasteiger partial charge in [0.25, 0.3) is 0 Å². The van der Waals surface area contributed by atoms with Gasteiger partial charge in [-0.3, -0.25) is 4.90 Å². The summed E-state index contributed by atoms with van der Waals surface area (Å²) >= 11 is 0. The maximum absolute atomic E-state index is 12.1. The largest absolute Gasteiger partial charge is 0.379 e. The summed E-state index contributed by atoms with van der Waals surface area (Å²) in [4.78, 5) is 2.43. The average Bonchev–Trinajstić information content (AvgIpc) is 2.41. The van der Waals surface area contributed by atoms with Crippen molar-refractivity contribution in [2.45, 2.75) is 51.6 Å². The Labute approximate surface area is 123 Å². The first kappa shape index (κ1) is 16.2. The molecular formula is C14H28N2O3S. The first-order chi connectivity index (χ1) is 9.54. The first-order valence-corrected chi connectivity index (χ1v) is 9.51. The Kier molecular flexibility index (Phi) is 5.84. The van der Waals surface area contributed by atoms with E-state index >= 15 is 0 Å². The summed E-state index contributed by atoms with van der Waals surface area (Å²) in [7, 11) is -3.11. The first-order valence-electron chi connectivity index (χ1n) is 7.85. The van der Waals surface area contributed by atoms with E-state index < -0.39 is 10.0 Å². The van der Waals surface area contributed by atoms with Gasteiger partial charge in [-0.15, -0.1) is 0 Å². The molecule has 0 unspecified atom stereocenters. The van der Waals surface area contributed by atoms with Gasteiger partial charge in [-0.25, -0.2) is 13.1 Å². The van der Waals surface area contributed by atoms with E-state index in [4.69, 9.17) is 4.74 Å². The van der Waals surface area contributed by atoms with Crippen LogP contribution in [0.2, 0.25) is 0 Å². The van der Waals surface area contributed by atoms with E-state index in [1.807, 2.05) is 0 Å². The van der Waals surface area contributed by atoms with E-state index in [2.05, 4.69) is 23.5 Å². The molecule has 1 saturated heterocycles. The van der Waals surface area contributed by atoms with Crippen molar-refractivity contribution in [1.82, 2.24) is 9.62 Å². The third-order valence-electron chi connectivity index (χ3n) is 4.63. The zero-order chi connectivity index (χ0) is 14.6. The van der Waals surface area contributed by atoms with E-state index in [9.17, 15) is 8.42 Å². The predicted octanol–water partition coefficient (Wildman–Crippen LogP) is 1.21. The van der Waals surface area contributed by atoms with Crippen molar-refractivity contribution in [3.63, 3.8) is 0 Å². The van der Waals surface area contributed by atoms with Crippen LogP contribution in [0.15, 0.2) is 0 Å². The maximum Gasteiger partial charge on any atom is 0.212 e. The maximum atomic E-state index is 12.1. The second-order valence-corrected chi connectivity index (χ2v) is 7.85. The van der Waals surface area contributed by atoms with Gasteiger partial charge in [0, 0.05) is 25.2 Å². The number of morpholine rings is 1. The van der Waals surface area contributed by atoms with E-state index in [1.165, 1.54) is 0 Å². The van der Waals surface area contributed by atoms with E-state index in [-0.39, 0.29) is 17.7 Å². The Morgan fingerprint density at radius 1 is 1.20 bits per heavy atom. The molecule has 2 fully saturated rings. The Hall–Kier alpha value is -0.170. The van der Waals surface area contributed by atoms with Gasteiger partial charge in [-0.2, -0.15) is 0 Å². The van der Waals surface area contributed by atoms with Gasteiger partial charge in [0.05, 0.1) is 19.0 Å². The lowest BCUT2D eigenvalue weighted by atomic mass is 9.86. The fourth-order valence-corrected chi connectivity index (χ4v) is 4.95. The molecule has 0 spiro atoms. The fourth-order valence-electron chi connectivity index (χ4n) is 3.06. The lowest BCUT2D eigenvalue weighted by Gasteiger charge is -2.44. The normalized spacial score (nSPS) is 28.6. The zero-order valence-corrected chi connectivity index (χ0v) is 13.5. The number of nitrogens with zero attached hydrogens (tertiary/aromatic N) is 1. The van der Waals surface area contributed by atoms with Gasteiger partial charge in [0.1, 0.15) is 0 Å². The van der Waals surface area contributed by atoms with Crippen LogP contribution in [0.5, 0.6) is 0 Å². The smallest absolute Gasteiger partial charge is 0.212 e. The summed E-state index contributed by atoms with van der Waals surface area (Å²) in [5.41, 5.74) is 0. The monoisotopic (exact) mass is 304 g/mol. The molecule has 6 heteroatoms. The van der Waals surface area contributed by atoms with Gasteiger partial charge in [0.15, 0.2) is 0 Å². The minimum absolute atomic E-state index is 0.141. The highest BCUT2D eigenvalue weighted by Crippen LogP contribution is 2.27. The van der Waals surface area contributed by atoms with Crippen molar-refractivity contribution in [3.8, 4) is 0 Å².